The molecule has 13 heavy (non-hydrogen) atoms. The molecule has 0 aliphatic rings. The number of carbonyl (C=O) groups excluding carboxylic acids is 1. The van der Waals surface area contributed by atoms with Crippen molar-refractivity contribution in [2.24, 2.45) is 0 Å². The summed E-state index contributed by atoms with van der Waals surface area (Å²) >= 11 is 0. The van der Waals surface area contributed by atoms with Crippen molar-refractivity contribution in [1.29, 1.82) is 5.39 Å². The number of benzene rings is 1. The van der Waals surface area contributed by atoms with Gasteiger partial charge in [-0.25, -0.2) is 4.79 Å². The topological polar surface area (TPSA) is 54.5 Å². The van der Waals surface area contributed by atoms with Crippen molar-refractivity contribution in [2.45, 2.75) is 6.92 Å². The Hall–Kier alpha value is -1.89. The van der Waals surface area contributed by atoms with Gasteiger partial charge in [0.15, 0.2) is 4.98 Å². The first-order chi connectivity index (χ1) is 6.27. The van der Waals surface area contributed by atoms with Crippen LogP contribution in [0, 0.1) is 5.39 Å². The van der Waals surface area contributed by atoms with Gasteiger partial charge in [-0.1, -0.05) is 0 Å². The smallest absolute Gasteiger partial charge is 0.385 e. The highest BCUT2D eigenvalue weighted by atomic mass is 16.5. The lowest BCUT2D eigenvalue weighted by molar-refractivity contribution is 0.0526. The lowest BCUT2D eigenvalue weighted by Gasteiger charge is -1.98. The molecule has 1 rings (SSSR count). The zero-order valence-corrected chi connectivity index (χ0v) is 7.23. The molecule has 0 unspecified atom stereocenters. The Bertz CT molecular complexity index is 338. The minimum atomic E-state index is -0.369. The number of nitrogens with zero attached hydrogens (tertiary/aromatic N) is 2. The Labute approximate surface area is 75.8 Å². The highest BCUT2D eigenvalue weighted by molar-refractivity contribution is 5.89. The van der Waals surface area contributed by atoms with Gasteiger partial charge in [-0.2, -0.15) is 0 Å². The monoisotopic (exact) mass is 177 g/mol. The summed E-state index contributed by atoms with van der Waals surface area (Å²) in [5, 5.41) is 8.38. The van der Waals surface area contributed by atoms with Gasteiger partial charge in [0.1, 0.15) is 0 Å². The molecule has 0 aromatic heterocycles. The van der Waals surface area contributed by atoms with Crippen LogP contribution >= 0.6 is 0 Å². The number of esters is 1. The molecule has 0 spiro atoms. The molecule has 0 saturated heterocycles. The fraction of sp³-hybridized carbons (Fsp3) is 0.222. The van der Waals surface area contributed by atoms with E-state index in [0.717, 1.165) is 0 Å². The van der Waals surface area contributed by atoms with E-state index in [1.807, 2.05) is 0 Å². The molecule has 4 heteroatoms. The standard InChI is InChI=1S/C9H9N2O2/c1-2-13-9(12)7-3-5-8(11-10)6-4-7/h3-6H,2H2,1H3/q+1. The van der Waals surface area contributed by atoms with Crippen LogP contribution in [0.3, 0.4) is 0 Å². The van der Waals surface area contributed by atoms with Gasteiger partial charge in [-0.3, -0.25) is 0 Å². The summed E-state index contributed by atoms with van der Waals surface area (Å²) in [6, 6.07) is 6.17. The van der Waals surface area contributed by atoms with Gasteiger partial charge in [-0.15, -0.1) is 0 Å². The van der Waals surface area contributed by atoms with Gasteiger partial charge in [0.25, 0.3) is 0 Å². The Morgan fingerprint density at radius 1 is 1.46 bits per heavy atom. The maximum absolute atomic E-state index is 11.1. The molecule has 0 N–H and O–H groups in total. The predicted molar refractivity (Wildman–Crippen MR) is 47.1 cm³/mol. The molecule has 0 bridgehead atoms. The van der Waals surface area contributed by atoms with Crippen molar-refractivity contribution >= 4 is 11.7 Å². The number of rotatable bonds is 2. The van der Waals surface area contributed by atoms with E-state index in [-0.39, 0.29) is 5.97 Å². The number of ether oxygens (including phenoxy) is 1. The van der Waals surface area contributed by atoms with Crippen molar-refractivity contribution in [3.8, 4) is 0 Å². The number of diazo groups is 1. The normalized spacial score (nSPS) is 8.92. The molecule has 66 valence electrons. The summed E-state index contributed by atoms with van der Waals surface area (Å²) in [7, 11) is 0. The van der Waals surface area contributed by atoms with Crippen LogP contribution < -0.4 is 0 Å². The number of carbonyl (C=O) groups is 1. The molecule has 0 heterocycles. The van der Waals surface area contributed by atoms with Crippen molar-refractivity contribution in [1.82, 2.24) is 0 Å². The zero-order chi connectivity index (χ0) is 9.68. The summed E-state index contributed by atoms with van der Waals surface area (Å²) in [5.41, 5.74) is 0.863. The highest BCUT2D eigenvalue weighted by Crippen LogP contribution is 2.12. The van der Waals surface area contributed by atoms with Gasteiger partial charge < -0.3 is 4.74 Å². The van der Waals surface area contributed by atoms with Crippen LogP contribution in [0.2, 0.25) is 0 Å². The lowest BCUT2D eigenvalue weighted by atomic mass is 10.2. The van der Waals surface area contributed by atoms with Crippen molar-refractivity contribution in [3.63, 3.8) is 0 Å². The molecule has 0 amide bonds. The summed E-state index contributed by atoms with van der Waals surface area (Å²) < 4.78 is 4.77. The maximum Gasteiger partial charge on any atom is 0.385 e. The Morgan fingerprint density at radius 3 is 2.54 bits per heavy atom. The molecular formula is C9H9N2O2+. The van der Waals surface area contributed by atoms with Crippen LogP contribution in [0.4, 0.5) is 5.69 Å². The van der Waals surface area contributed by atoms with Gasteiger partial charge in [-0.05, 0) is 19.1 Å². The first kappa shape index (κ1) is 9.20. The molecule has 1 aromatic carbocycles. The fourth-order valence-corrected chi connectivity index (χ4v) is 0.879. The molecular weight excluding hydrogens is 168 g/mol. The van der Waals surface area contributed by atoms with Crippen LogP contribution in [0.1, 0.15) is 17.3 Å². The number of hydrogen-bond donors (Lipinski definition) is 0. The molecule has 1 aromatic rings. The van der Waals surface area contributed by atoms with E-state index >= 15 is 0 Å². The summed E-state index contributed by atoms with van der Waals surface area (Å²) in [5.74, 6) is -0.369. The molecule has 0 atom stereocenters. The Morgan fingerprint density at radius 2 is 2.08 bits per heavy atom. The predicted octanol–water partition coefficient (Wildman–Crippen LogP) is 2.35. The van der Waals surface area contributed by atoms with Gasteiger partial charge in [0.05, 0.1) is 12.2 Å². The van der Waals surface area contributed by atoms with Gasteiger partial charge >= 0.3 is 11.7 Å². The quantitative estimate of drug-likeness (QED) is 0.514. The third-order valence-corrected chi connectivity index (χ3v) is 1.49. The SMILES string of the molecule is CCOC(=O)c1ccc([N+]#N)cc1. The highest BCUT2D eigenvalue weighted by Gasteiger charge is 2.08. The van der Waals surface area contributed by atoms with Crippen LogP contribution in [-0.4, -0.2) is 12.6 Å². The lowest BCUT2D eigenvalue weighted by Crippen LogP contribution is -2.03. The first-order valence-electron chi connectivity index (χ1n) is 3.90. The van der Waals surface area contributed by atoms with Crippen molar-refractivity contribution in [3.05, 3.63) is 34.8 Å². The fourth-order valence-electron chi connectivity index (χ4n) is 0.879. The summed E-state index contributed by atoms with van der Waals surface area (Å²) in [4.78, 5) is 14.1. The summed E-state index contributed by atoms with van der Waals surface area (Å²) in [6.07, 6.45) is 0. The van der Waals surface area contributed by atoms with Crippen LogP contribution in [0.15, 0.2) is 24.3 Å². The zero-order valence-electron chi connectivity index (χ0n) is 7.23. The molecule has 0 aliphatic heterocycles. The summed E-state index contributed by atoms with van der Waals surface area (Å²) in [6.45, 7) is 2.10. The minimum absolute atomic E-state index is 0.352. The molecule has 0 saturated carbocycles. The van der Waals surface area contributed by atoms with E-state index in [0.29, 0.717) is 17.9 Å². The third kappa shape index (κ3) is 2.27. The maximum atomic E-state index is 11.1. The van der Waals surface area contributed by atoms with E-state index in [9.17, 15) is 4.79 Å². The second-order valence-corrected chi connectivity index (χ2v) is 2.37. The van der Waals surface area contributed by atoms with Crippen LogP contribution in [0.5, 0.6) is 0 Å². The van der Waals surface area contributed by atoms with E-state index in [4.69, 9.17) is 10.1 Å². The molecule has 4 nitrogen and oxygen atoms in total. The average molecular weight is 177 g/mol. The van der Waals surface area contributed by atoms with Crippen molar-refractivity contribution < 1.29 is 9.53 Å². The minimum Gasteiger partial charge on any atom is -0.462 e. The van der Waals surface area contributed by atoms with E-state index in [1.54, 1.807) is 19.1 Å². The molecule has 0 aliphatic carbocycles. The second-order valence-electron chi connectivity index (χ2n) is 2.37. The van der Waals surface area contributed by atoms with Crippen molar-refractivity contribution in [2.75, 3.05) is 6.61 Å². The molecule has 0 fully saturated rings. The third-order valence-electron chi connectivity index (χ3n) is 1.49. The van der Waals surface area contributed by atoms with Crippen LogP contribution in [-0.2, 0) is 4.74 Å². The van der Waals surface area contributed by atoms with Gasteiger partial charge in [0.2, 0.25) is 5.39 Å². The number of hydrogen-bond acceptors (Lipinski definition) is 3. The average Bonchev–Trinajstić information content (AvgIpc) is 2.18. The Balaban J connectivity index is 2.81. The van der Waals surface area contributed by atoms with E-state index < -0.39 is 0 Å². The first-order valence-corrected chi connectivity index (χ1v) is 3.90. The second kappa shape index (κ2) is 4.21. The Kier molecular flexibility index (Phi) is 2.98. The largest absolute Gasteiger partial charge is 0.462 e. The van der Waals surface area contributed by atoms with E-state index in [2.05, 4.69) is 4.98 Å². The van der Waals surface area contributed by atoms with E-state index in [1.165, 1.54) is 12.1 Å². The molecule has 0 radical (unpaired) electrons. The van der Waals surface area contributed by atoms with Gasteiger partial charge in [0, 0.05) is 12.1 Å². The van der Waals surface area contributed by atoms with Crippen LogP contribution in [0.25, 0.3) is 4.98 Å².